The van der Waals surface area contributed by atoms with Crippen LogP contribution in [-0.4, -0.2) is 0 Å². The fourth-order valence-corrected chi connectivity index (χ4v) is 2.09. The summed E-state index contributed by atoms with van der Waals surface area (Å²) in [4.78, 5) is 0. The summed E-state index contributed by atoms with van der Waals surface area (Å²) in [6.07, 6.45) is 0. The topological polar surface area (TPSA) is 35.8 Å². The number of anilines is 1. The first kappa shape index (κ1) is 13.4. The Morgan fingerprint density at radius 2 is 2.05 bits per heavy atom. The molecule has 19 heavy (non-hydrogen) atoms. The van der Waals surface area contributed by atoms with Gasteiger partial charge in [0.2, 0.25) is 0 Å². The van der Waals surface area contributed by atoms with E-state index < -0.39 is 11.9 Å². The van der Waals surface area contributed by atoms with Crippen LogP contribution in [0.4, 0.5) is 10.1 Å². The molecule has 0 radical (unpaired) electrons. The number of rotatable bonds is 3. The summed E-state index contributed by atoms with van der Waals surface area (Å²) in [7, 11) is 0. The normalized spacial score (nSPS) is 11.7. The molecule has 2 nitrogen and oxygen atoms in total. The minimum absolute atomic E-state index is 0.242. The van der Waals surface area contributed by atoms with Crippen molar-refractivity contribution in [2.24, 2.45) is 0 Å². The lowest BCUT2D eigenvalue weighted by molar-refractivity contribution is 0.627. The van der Waals surface area contributed by atoms with Crippen LogP contribution in [0, 0.1) is 24.1 Å². The third-order valence-electron chi connectivity index (χ3n) is 2.73. The summed E-state index contributed by atoms with van der Waals surface area (Å²) in [6.45, 7) is 1.97. The molecule has 0 saturated carbocycles. The van der Waals surface area contributed by atoms with Crippen LogP contribution in [0.25, 0.3) is 0 Å². The maximum Gasteiger partial charge on any atom is 0.141 e. The molecule has 0 aliphatic heterocycles. The molecule has 0 bridgehead atoms. The van der Waals surface area contributed by atoms with E-state index in [0.717, 1.165) is 11.3 Å². The van der Waals surface area contributed by atoms with Crippen molar-refractivity contribution in [2.75, 3.05) is 5.32 Å². The fraction of sp³-hybridized carbons (Fsp3) is 0.133. The van der Waals surface area contributed by atoms with Gasteiger partial charge in [0.15, 0.2) is 0 Å². The van der Waals surface area contributed by atoms with Crippen molar-refractivity contribution in [1.82, 2.24) is 0 Å². The second kappa shape index (κ2) is 5.73. The van der Waals surface area contributed by atoms with E-state index in [1.165, 1.54) is 18.2 Å². The van der Waals surface area contributed by atoms with E-state index in [1.54, 1.807) is 0 Å². The Kier molecular flexibility index (Phi) is 4.03. The number of nitrogens with one attached hydrogen (secondary N) is 1. The minimum atomic E-state index is -0.616. The smallest absolute Gasteiger partial charge is 0.141 e. The van der Waals surface area contributed by atoms with Crippen molar-refractivity contribution in [2.45, 2.75) is 13.0 Å². The molecule has 0 aliphatic rings. The van der Waals surface area contributed by atoms with Crippen molar-refractivity contribution in [3.63, 3.8) is 0 Å². The van der Waals surface area contributed by atoms with Gasteiger partial charge in [0, 0.05) is 16.3 Å². The molecule has 0 aliphatic carbocycles. The Morgan fingerprint density at radius 1 is 1.26 bits per heavy atom. The standard InChI is InChI=1S/C15H12ClFN2/c1-10-3-2-4-12(7-10)19-15(9-18)13-6-5-11(17)8-14(13)16/h2-8,15,19H,1H3. The van der Waals surface area contributed by atoms with E-state index in [9.17, 15) is 9.65 Å². The number of nitrogens with zero attached hydrogens (tertiary/aromatic N) is 1. The number of aryl methyl sites for hydroxylation is 1. The Labute approximate surface area is 116 Å². The lowest BCUT2D eigenvalue weighted by Gasteiger charge is -2.15. The first-order chi connectivity index (χ1) is 9.10. The zero-order chi connectivity index (χ0) is 13.8. The number of benzene rings is 2. The van der Waals surface area contributed by atoms with Crippen LogP contribution >= 0.6 is 11.6 Å². The largest absolute Gasteiger partial charge is 0.366 e. The Morgan fingerprint density at radius 3 is 2.68 bits per heavy atom. The van der Waals surface area contributed by atoms with E-state index in [2.05, 4.69) is 11.4 Å². The number of nitriles is 1. The maximum atomic E-state index is 13.0. The van der Waals surface area contributed by atoms with E-state index >= 15 is 0 Å². The van der Waals surface area contributed by atoms with E-state index in [0.29, 0.717) is 5.56 Å². The highest BCUT2D eigenvalue weighted by atomic mass is 35.5. The van der Waals surface area contributed by atoms with Crippen molar-refractivity contribution >= 4 is 17.3 Å². The highest BCUT2D eigenvalue weighted by Gasteiger charge is 2.14. The van der Waals surface area contributed by atoms with Crippen molar-refractivity contribution < 1.29 is 4.39 Å². The van der Waals surface area contributed by atoms with Gasteiger partial charge in [0.05, 0.1) is 6.07 Å². The molecule has 0 saturated heterocycles. The highest BCUT2D eigenvalue weighted by molar-refractivity contribution is 6.31. The molecule has 0 heterocycles. The molecule has 2 aromatic carbocycles. The molecule has 0 spiro atoms. The van der Waals surface area contributed by atoms with Gasteiger partial charge in [-0.05, 0) is 36.8 Å². The van der Waals surface area contributed by atoms with Crippen LogP contribution in [-0.2, 0) is 0 Å². The van der Waals surface area contributed by atoms with Crippen LogP contribution < -0.4 is 5.32 Å². The lowest BCUT2D eigenvalue weighted by atomic mass is 10.1. The lowest BCUT2D eigenvalue weighted by Crippen LogP contribution is -2.09. The molecular weight excluding hydrogens is 263 g/mol. The predicted molar refractivity (Wildman–Crippen MR) is 74.6 cm³/mol. The average molecular weight is 275 g/mol. The van der Waals surface area contributed by atoms with E-state index in [4.69, 9.17) is 11.6 Å². The predicted octanol–water partition coefficient (Wildman–Crippen LogP) is 4.46. The van der Waals surface area contributed by atoms with Crippen LogP contribution in [0.1, 0.15) is 17.2 Å². The Balaban J connectivity index is 2.28. The van der Waals surface area contributed by atoms with E-state index in [1.807, 2.05) is 31.2 Å². The summed E-state index contributed by atoms with van der Waals surface area (Å²) in [5, 5.41) is 12.6. The zero-order valence-corrected chi connectivity index (χ0v) is 11.1. The van der Waals surface area contributed by atoms with Gasteiger partial charge in [-0.15, -0.1) is 0 Å². The van der Waals surface area contributed by atoms with Crippen LogP contribution in [0.5, 0.6) is 0 Å². The second-order valence-corrected chi connectivity index (χ2v) is 4.65. The van der Waals surface area contributed by atoms with Gasteiger partial charge in [-0.1, -0.05) is 29.8 Å². The number of hydrogen-bond donors (Lipinski definition) is 1. The first-order valence-electron chi connectivity index (χ1n) is 5.78. The first-order valence-corrected chi connectivity index (χ1v) is 6.15. The van der Waals surface area contributed by atoms with Gasteiger partial charge >= 0.3 is 0 Å². The summed E-state index contributed by atoms with van der Waals surface area (Å²) >= 11 is 5.97. The molecular formula is C15H12ClFN2. The minimum Gasteiger partial charge on any atom is -0.366 e. The molecule has 1 atom stereocenters. The summed E-state index contributed by atoms with van der Waals surface area (Å²) < 4.78 is 13.0. The maximum absolute atomic E-state index is 13.0. The molecule has 2 rings (SSSR count). The molecule has 0 amide bonds. The monoisotopic (exact) mass is 274 g/mol. The summed E-state index contributed by atoms with van der Waals surface area (Å²) in [5.74, 6) is -0.416. The Hall–Kier alpha value is -2.05. The van der Waals surface area contributed by atoms with Gasteiger partial charge in [0.1, 0.15) is 11.9 Å². The molecule has 1 N–H and O–H groups in total. The summed E-state index contributed by atoms with van der Waals surface area (Å²) in [6, 6.07) is 13.2. The fourth-order valence-electron chi connectivity index (χ4n) is 1.82. The average Bonchev–Trinajstić information content (AvgIpc) is 2.37. The quantitative estimate of drug-likeness (QED) is 0.897. The third kappa shape index (κ3) is 3.24. The second-order valence-electron chi connectivity index (χ2n) is 4.24. The zero-order valence-electron chi connectivity index (χ0n) is 10.3. The Bertz CT molecular complexity index is 634. The van der Waals surface area contributed by atoms with Gasteiger partial charge in [0.25, 0.3) is 0 Å². The molecule has 0 aromatic heterocycles. The third-order valence-corrected chi connectivity index (χ3v) is 3.06. The molecule has 1 unspecified atom stereocenters. The molecule has 0 fully saturated rings. The van der Waals surface area contributed by atoms with Crippen molar-refractivity contribution in [1.29, 1.82) is 5.26 Å². The van der Waals surface area contributed by atoms with Crippen molar-refractivity contribution in [3.05, 3.63) is 64.4 Å². The van der Waals surface area contributed by atoms with Crippen molar-refractivity contribution in [3.8, 4) is 6.07 Å². The van der Waals surface area contributed by atoms with Crippen LogP contribution in [0.3, 0.4) is 0 Å². The van der Waals surface area contributed by atoms with Crippen LogP contribution in [0.2, 0.25) is 5.02 Å². The van der Waals surface area contributed by atoms with E-state index in [-0.39, 0.29) is 5.02 Å². The number of halogens is 2. The molecule has 96 valence electrons. The van der Waals surface area contributed by atoms with Gasteiger partial charge in [-0.3, -0.25) is 0 Å². The van der Waals surface area contributed by atoms with Gasteiger partial charge in [-0.2, -0.15) is 5.26 Å². The highest BCUT2D eigenvalue weighted by Crippen LogP contribution is 2.26. The molecule has 4 heteroatoms. The van der Waals surface area contributed by atoms with Gasteiger partial charge in [-0.25, -0.2) is 4.39 Å². The summed E-state index contributed by atoms with van der Waals surface area (Å²) in [5.41, 5.74) is 2.48. The number of hydrogen-bond acceptors (Lipinski definition) is 2. The SMILES string of the molecule is Cc1cccc(NC(C#N)c2ccc(F)cc2Cl)c1. The van der Waals surface area contributed by atoms with Crippen LogP contribution in [0.15, 0.2) is 42.5 Å². The molecule has 2 aromatic rings. The van der Waals surface area contributed by atoms with Gasteiger partial charge < -0.3 is 5.32 Å².